The Bertz CT molecular complexity index is 880. The molecule has 0 aliphatic rings. The van der Waals surface area contributed by atoms with Crippen LogP contribution in [0.15, 0.2) is 57.6 Å². The number of hydrogen-bond acceptors (Lipinski definition) is 3. The van der Waals surface area contributed by atoms with Crippen LogP contribution >= 0.6 is 39.1 Å². The molecule has 0 spiro atoms. The number of oxazole rings is 1. The van der Waals surface area contributed by atoms with Gasteiger partial charge >= 0.3 is 0 Å². The van der Waals surface area contributed by atoms with E-state index >= 15 is 0 Å². The van der Waals surface area contributed by atoms with Gasteiger partial charge in [-0.25, -0.2) is 4.98 Å². The summed E-state index contributed by atoms with van der Waals surface area (Å²) in [6.45, 7) is 0. The number of nitrogens with zero attached hydrogens (tertiary/aromatic N) is 1. The van der Waals surface area contributed by atoms with Crippen LogP contribution < -0.4 is 5.32 Å². The lowest BCUT2D eigenvalue weighted by Crippen LogP contribution is -2.12. The van der Waals surface area contributed by atoms with Crippen molar-refractivity contribution >= 4 is 50.7 Å². The van der Waals surface area contributed by atoms with Crippen LogP contribution in [0, 0.1) is 0 Å². The van der Waals surface area contributed by atoms with Gasteiger partial charge in [0.15, 0.2) is 5.69 Å². The van der Waals surface area contributed by atoms with E-state index in [-0.39, 0.29) is 11.6 Å². The molecule has 7 heteroatoms. The standard InChI is InChI=1S/C16H9BrCl2N2O2/c17-10-3-1-2-4-13(10)20-15(22)14-8-23-16(21-14)9-5-6-11(18)12(19)7-9/h1-8H,(H,20,22). The molecule has 3 rings (SSSR count). The summed E-state index contributed by atoms with van der Waals surface area (Å²) in [4.78, 5) is 16.4. The Hall–Kier alpha value is -1.82. The molecule has 0 saturated heterocycles. The Morgan fingerprint density at radius 1 is 1.13 bits per heavy atom. The van der Waals surface area contributed by atoms with E-state index in [9.17, 15) is 4.79 Å². The highest BCUT2D eigenvalue weighted by molar-refractivity contribution is 9.10. The lowest BCUT2D eigenvalue weighted by molar-refractivity contribution is 0.102. The van der Waals surface area contributed by atoms with E-state index in [0.29, 0.717) is 27.2 Å². The minimum atomic E-state index is -0.369. The molecular formula is C16H9BrCl2N2O2. The molecule has 0 unspecified atom stereocenters. The molecule has 0 atom stereocenters. The van der Waals surface area contributed by atoms with Crippen LogP contribution in [-0.2, 0) is 0 Å². The van der Waals surface area contributed by atoms with Crippen molar-refractivity contribution in [2.24, 2.45) is 0 Å². The van der Waals surface area contributed by atoms with E-state index in [0.717, 1.165) is 4.47 Å². The molecule has 23 heavy (non-hydrogen) atoms. The smallest absolute Gasteiger partial charge is 0.277 e. The topological polar surface area (TPSA) is 55.1 Å². The predicted octanol–water partition coefficient (Wildman–Crippen LogP) is 5.66. The quantitative estimate of drug-likeness (QED) is 0.604. The van der Waals surface area contributed by atoms with Gasteiger partial charge in [0.2, 0.25) is 5.89 Å². The number of para-hydroxylation sites is 1. The fourth-order valence-corrected chi connectivity index (χ4v) is 2.57. The summed E-state index contributed by atoms with van der Waals surface area (Å²) in [6.07, 6.45) is 1.30. The molecule has 0 fully saturated rings. The number of amides is 1. The van der Waals surface area contributed by atoms with Crippen LogP contribution in [-0.4, -0.2) is 10.9 Å². The summed E-state index contributed by atoms with van der Waals surface area (Å²) in [7, 11) is 0. The Morgan fingerprint density at radius 3 is 2.65 bits per heavy atom. The zero-order chi connectivity index (χ0) is 16.4. The van der Waals surface area contributed by atoms with E-state index in [4.69, 9.17) is 27.6 Å². The van der Waals surface area contributed by atoms with E-state index in [1.54, 1.807) is 24.3 Å². The lowest BCUT2D eigenvalue weighted by atomic mass is 10.2. The molecule has 2 aromatic carbocycles. The number of anilines is 1. The first-order chi connectivity index (χ1) is 11.0. The third kappa shape index (κ3) is 3.58. The van der Waals surface area contributed by atoms with Crippen molar-refractivity contribution in [1.29, 1.82) is 0 Å². The van der Waals surface area contributed by atoms with Crippen molar-refractivity contribution in [3.8, 4) is 11.5 Å². The van der Waals surface area contributed by atoms with Gasteiger partial charge in [-0.1, -0.05) is 35.3 Å². The number of rotatable bonds is 3. The molecule has 1 amide bonds. The third-order valence-corrected chi connectivity index (χ3v) is 4.46. The number of nitrogens with one attached hydrogen (secondary N) is 1. The van der Waals surface area contributed by atoms with Crippen molar-refractivity contribution in [1.82, 2.24) is 4.98 Å². The lowest BCUT2D eigenvalue weighted by Gasteiger charge is -2.04. The van der Waals surface area contributed by atoms with E-state index < -0.39 is 0 Å². The summed E-state index contributed by atoms with van der Waals surface area (Å²) in [5, 5.41) is 3.59. The molecule has 3 aromatic rings. The maximum Gasteiger partial charge on any atom is 0.277 e. The van der Waals surface area contributed by atoms with Gasteiger partial charge in [-0.2, -0.15) is 0 Å². The van der Waals surface area contributed by atoms with E-state index in [1.165, 1.54) is 6.26 Å². The average molecular weight is 412 g/mol. The monoisotopic (exact) mass is 410 g/mol. The van der Waals surface area contributed by atoms with Crippen LogP contribution in [0.1, 0.15) is 10.5 Å². The fraction of sp³-hybridized carbons (Fsp3) is 0. The second-order valence-corrected chi connectivity index (χ2v) is 6.27. The van der Waals surface area contributed by atoms with Gasteiger partial charge in [-0.15, -0.1) is 0 Å². The molecular weight excluding hydrogens is 403 g/mol. The molecule has 1 heterocycles. The number of carbonyl (C=O) groups is 1. The van der Waals surface area contributed by atoms with Crippen molar-refractivity contribution in [3.05, 3.63) is 68.9 Å². The fourth-order valence-electron chi connectivity index (χ4n) is 1.89. The Kier molecular flexibility index (Phi) is 4.71. The maximum absolute atomic E-state index is 12.2. The van der Waals surface area contributed by atoms with Crippen molar-refractivity contribution in [2.75, 3.05) is 5.32 Å². The summed E-state index contributed by atoms with van der Waals surface area (Å²) in [6, 6.07) is 12.3. The van der Waals surface area contributed by atoms with Crippen LogP contribution in [0.2, 0.25) is 10.0 Å². The molecule has 116 valence electrons. The number of benzene rings is 2. The first-order valence-corrected chi connectivity index (χ1v) is 8.06. The summed E-state index contributed by atoms with van der Waals surface area (Å²) >= 11 is 15.2. The normalized spacial score (nSPS) is 10.6. The Morgan fingerprint density at radius 2 is 1.91 bits per heavy atom. The molecule has 0 bridgehead atoms. The third-order valence-electron chi connectivity index (χ3n) is 3.03. The Balaban J connectivity index is 1.82. The SMILES string of the molecule is O=C(Nc1ccccc1Br)c1coc(-c2ccc(Cl)c(Cl)c2)n1. The second kappa shape index (κ2) is 6.74. The van der Waals surface area contributed by atoms with Crippen molar-refractivity contribution in [3.63, 3.8) is 0 Å². The molecule has 0 radical (unpaired) electrons. The van der Waals surface area contributed by atoms with Crippen LogP contribution in [0.3, 0.4) is 0 Å². The van der Waals surface area contributed by atoms with Crippen molar-refractivity contribution in [2.45, 2.75) is 0 Å². The molecule has 1 aromatic heterocycles. The molecule has 0 aliphatic carbocycles. The molecule has 0 saturated carbocycles. The number of halogens is 3. The first-order valence-electron chi connectivity index (χ1n) is 6.51. The summed E-state index contributed by atoms with van der Waals surface area (Å²) < 4.78 is 6.13. The van der Waals surface area contributed by atoms with Gasteiger partial charge in [-0.05, 0) is 46.3 Å². The summed E-state index contributed by atoms with van der Waals surface area (Å²) in [5.41, 5.74) is 1.46. The highest BCUT2D eigenvalue weighted by atomic mass is 79.9. The number of hydrogen-bond donors (Lipinski definition) is 1. The minimum absolute atomic E-state index is 0.168. The average Bonchev–Trinajstić information content (AvgIpc) is 3.02. The van der Waals surface area contributed by atoms with E-state index in [1.807, 2.05) is 18.2 Å². The van der Waals surface area contributed by atoms with Gasteiger partial charge in [0, 0.05) is 10.0 Å². The number of carbonyl (C=O) groups excluding carboxylic acids is 1. The molecule has 1 N–H and O–H groups in total. The van der Waals surface area contributed by atoms with Gasteiger partial charge < -0.3 is 9.73 Å². The van der Waals surface area contributed by atoms with Crippen LogP contribution in [0.25, 0.3) is 11.5 Å². The second-order valence-electron chi connectivity index (χ2n) is 4.60. The van der Waals surface area contributed by atoms with Gasteiger partial charge in [0.25, 0.3) is 5.91 Å². The van der Waals surface area contributed by atoms with Crippen LogP contribution in [0.4, 0.5) is 5.69 Å². The zero-order valence-corrected chi connectivity index (χ0v) is 14.6. The maximum atomic E-state index is 12.2. The highest BCUT2D eigenvalue weighted by Crippen LogP contribution is 2.28. The van der Waals surface area contributed by atoms with Crippen LogP contribution in [0.5, 0.6) is 0 Å². The van der Waals surface area contributed by atoms with E-state index in [2.05, 4.69) is 26.2 Å². The number of aromatic nitrogens is 1. The first kappa shape index (κ1) is 16.1. The predicted molar refractivity (Wildman–Crippen MR) is 94.1 cm³/mol. The molecule has 0 aliphatic heterocycles. The minimum Gasteiger partial charge on any atom is -0.444 e. The van der Waals surface area contributed by atoms with Crippen molar-refractivity contribution < 1.29 is 9.21 Å². The zero-order valence-electron chi connectivity index (χ0n) is 11.5. The summed E-state index contributed by atoms with van der Waals surface area (Å²) in [5.74, 6) is -0.0761. The van der Waals surface area contributed by atoms with Gasteiger partial charge in [0.05, 0.1) is 15.7 Å². The Labute approximate surface area is 150 Å². The van der Waals surface area contributed by atoms with Gasteiger partial charge in [0.1, 0.15) is 6.26 Å². The van der Waals surface area contributed by atoms with Gasteiger partial charge in [-0.3, -0.25) is 4.79 Å². The largest absolute Gasteiger partial charge is 0.444 e. The highest BCUT2D eigenvalue weighted by Gasteiger charge is 2.15. The molecule has 4 nitrogen and oxygen atoms in total.